The predicted molar refractivity (Wildman–Crippen MR) is 62.4 cm³/mol. The van der Waals surface area contributed by atoms with Gasteiger partial charge in [0.15, 0.2) is 0 Å². The van der Waals surface area contributed by atoms with E-state index in [1.54, 1.807) is 12.1 Å². The van der Waals surface area contributed by atoms with Gasteiger partial charge >= 0.3 is 5.63 Å². The zero-order chi connectivity index (χ0) is 11.7. The number of nitrogen functional groups attached to an aromatic ring is 1. The number of benzene rings is 1. The fourth-order valence-electron chi connectivity index (χ4n) is 1.81. The number of rotatable bonds is 2. The molecule has 0 fully saturated rings. The molecule has 4 nitrogen and oxygen atoms in total. The summed E-state index contributed by atoms with van der Waals surface area (Å²) < 4.78 is 5.16. The largest absolute Gasteiger partial charge is 0.422 e. The van der Waals surface area contributed by atoms with Crippen molar-refractivity contribution >= 4 is 16.7 Å². The molecule has 0 aliphatic carbocycles. The van der Waals surface area contributed by atoms with Crippen molar-refractivity contribution in [1.29, 1.82) is 0 Å². The van der Waals surface area contributed by atoms with Crippen LogP contribution in [-0.4, -0.2) is 11.7 Å². The summed E-state index contributed by atoms with van der Waals surface area (Å²) in [5, 5.41) is 9.74. The van der Waals surface area contributed by atoms with E-state index in [0.29, 0.717) is 23.3 Å². The molecule has 1 aromatic heterocycles. The number of fused-ring (bicyclic) bond motifs is 1. The number of aliphatic hydroxyl groups is 1. The molecule has 2 rings (SSSR count). The average Bonchev–Trinajstić information content (AvgIpc) is 2.23. The van der Waals surface area contributed by atoms with Gasteiger partial charge in [-0.1, -0.05) is 0 Å². The third-order valence-corrected chi connectivity index (χ3v) is 2.67. The fraction of sp³-hybridized carbons (Fsp3) is 0.250. The molecular formula is C12H13NO3. The summed E-state index contributed by atoms with van der Waals surface area (Å²) in [6.07, 6.45) is 0.314. The molecule has 2 aromatic rings. The number of nitrogens with two attached hydrogens (primary N) is 1. The minimum absolute atomic E-state index is 0.0634. The molecule has 0 saturated heterocycles. The van der Waals surface area contributed by atoms with Crippen LogP contribution in [0.4, 0.5) is 5.69 Å². The number of hydrogen-bond donors (Lipinski definition) is 2. The second kappa shape index (κ2) is 3.98. The Labute approximate surface area is 92.3 Å². The first kappa shape index (κ1) is 10.7. The second-order valence-corrected chi connectivity index (χ2v) is 3.72. The molecule has 3 N–H and O–H groups in total. The van der Waals surface area contributed by atoms with Crippen LogP contribution in [0.15, 0.2) is 27.4 Å². The summed E-state index contributed by atoms with van der Waals surface area (Å²) in [5.41, 5.74) is 7.65. The van der Waals surface area contributed by atoms with Gasteiger partial charge in [-0.2, -0.15) is 0 Å². The monoisotopic (exact) mass is 219 g/mol. The van der Waals surface area contributed by atoms with Gasteiger partial charge in [0.2, 0.25) is 0 Å². The van der Waals surface area contributed by atoms with Crippen molar-refractivity contribution in [1.82, 2.24) is 0 Å². The van der Waals surface area contributed by atoms with Gasteiger partial charge in [0.05, 0.1) is 0 Å². The van der Waals surface area contributed by atoms with Gasteiger partial charge in [-0.15, -0.1) is 0 Å². The maximum Gasteiger partial charge on any atom is 0.339 e. The maximum atomic E-state index is 11.6. The Balaban J connectivity index is 2.78. The second-order valence-electron chi connectivity index (χ2n) is 3.72. The van der Waals surface area contributed by atoms with Crippen molar-refractivity contribution in [2.45, 2.75) is 13.3 Å². The van der Waals surface area contributed by atoms with E-state index in [9.17, 15) is 4.79 Å². The van der Waals surface area contributed by atoms with Gasteiger partial charge in [-0.3, -0.25) is 0 Å². The molecule has 0 aliphatic heterocycles. The van der Waals surface area contributed by atoms with Crippen LogP contribution in [0.1, 0.15) is 11.1 Å². The smallest absolute Gasteiger partial charge is 0.339 e. The maximum absolute atomic E-state index is 11.6. The summed E-state index contributed by atoms with van der Waals surface area (Å²) in [6, 6.07) is 5.22. The van der Waals surface area contributed by atoms with E-state index in [1.807, 2.05) is 13.0 Å². The molecule has 84 valence electrons. The Morgan fingerprint density at radius 2 is 2.19 bits per heavy atom. The van der Waals surface area contributed by atoms with Crippen LogP contribution in [0, 0.1) is 6.92 Å². The van der Waals surface area contributed by atoms with Crippen LogP contribution >= 0.6 is 0 Å². The summed E-state index contributed by atoms with van der Waals surface area (Å²) in [4.78, 5) is 11.6. The third kappa shape index (κ3) is 1.67. The third-order valence-electron chi connectivity index (χ3n) is 2.67. The van der Waals surface area contributed by atoms with Gasteiger partial charge in [-0.25, -0.2) is 4.79 Å². The Bertz CT molecular complexity index is 587. The summed E-state index contributed by atoms with van der Waals surface area (Å²) in [5.74, 6) is 0. The minimum Gasteiger partial charge on any atom is -0.422 e. The van der Waals surface area contributed by atoms with Gasteiger partial charge in [0.1, 0.15) is 5.58 Å². The Morgan fingerprint density at radius 3 is 2.88 bits per heavy atom. The van der Waals surface area contributed by atoms with Crippen molar-refractivity contribution in [2.24, 2.45) is 0 Å². The highest BCUT2D eigenvalue weighted by Crippen LogP contribution is 2.21. The molecule has 16 heavy (non-hydrogen) atoms. The van der Waals surface area contributed by atoms with Crippen molar-refractivity contribution in [3.63, 3.8) is 0 Å². The highest BCUT2D eigenvalue weighted by atomic mass is 16.4. The van der Waals surface area contributed by atoms with Crippen LogP contribution in [-0.2, 0) is 6.42 Å². The molecule has 1 aromatic carbocycles. The van der Waals surface area contributed by atoms with Crippen molar-refractivity contribution in [3.8, 4) is 0 Å². The molecular weight excluding hydrogens is 206 g/mol. The van der Waals surface area contributed by atoms with Crippen LogP contribution in [0.25, 0.3) is 11.0 Å². The molecule has 0 unspecified atom stereocenters. The lowest BCUT2D eigenvalue weighted by atomic mass is 10.0. The standard InChI is InChI=1S/C12H13NO3/c1-7-9-3-2-8(13)6-11(9)16-12(15)10(7)4-5-14/h2-3,6,14H,4-5,13H2,1H3. The number of aliphatic hydroxyl groups excluding tert-OH is 1. The van der Waals surface area contributed by atoms with E-state index >= 15 is 0 Å². The van der Waals surface area contributed by atoms with Crippen molar-refractivity contribution < 1.29 is 9.52 Å². The molecule has 1 heterocycles. The molecule has 0 radical (unpaired) electrons. The summed E-state index contributed by atoms with van der Waals surface area (Å²) in [7, 11) is 0. The predicted octanol–water partition coefficient (Wildman–Crippen LogP) is 1.22. The number of hydrogen-bond acceptors (Lipinski definition) is 4. The quantitative estimate of drug-likeness (QED) is 0.588. The van der Waals surface area contributed by atoms with E-state index in [1.165, 1.54) is 0 Å². The Kier molecular flexibility index (Phi) is 2.66. The molecule has 0 aliphatic rings. The van der Waals surface area contributed by atoms with Crippen LogP contribution in [0.2, 0.25) is 0 Å². The molecule has 0 spiro atoms. The first-order valence-electron chi connectivity index (χ1n) is 5.06. The van der Waals surface area contributed by atoms with E-state index in [-0.39, 0.29) is 6.61 Å². The van der Waals surface area contributed by atoms with Crippen LogP contribution in [0.5, 0.6) is 0 Å². The lowest BCUT2D eigenvalue weighted by Crippen LogP contribution is -2.11. The first-order chi connectivity index (χ1) is 7.63. The highest BCUT2D eigenvalue weighted by molar-refractivity contribution is 5.83. The lowest BCUT2D eigenvalue weighted by molar-refractivity contribution is 0.297. The minimum atomic E-state index is -0.398. The average molecular weight is 219 g/mol. The van der Waals surface area contributed by atoms with E-state index in [2.05, 4.69) is 0 Å². The summed E-state index contributed by atoms with van der Waals surface area (Å²) >= 11 is 0. The van der Waals surface area contributed by atoms with Crippen molar-refractivity contribution in [3.05, 3.63) is 39.7 Å². The zero-order valence-corrected chi connectivity index (χ0v) is 8.99. The van der Waals surface area contributed by atoms with Crippen LogP contribution in [0.3, 0.4) is 0 Å². The van der Waals surface area contributed by atoms with E-state index in [4.69, 9.17) is 15.3 Å². The van der Waals surface area contributed by atoms with Crippen molar-refractivity contribution in [2.75, 3.05) is 12.3 Å². The van der Waals surface area contributed by atoms with Gasteiger partial charge in [0, 0.05) is 35.7 Å². The van der Waals surface area contributed by atoms with E-state index < -0.39 is 5.63 Å². The first-order valence-corrected chi connectivity index (χ1v) is 5.06. The highest BCUT2D eigenvalue weighted by Gasteiger charge is 2.10. The van der Waals surface area contributed by atoms with Gasteiger partial charge in [-0.05, 0) is 24.6 Å². The van der Waals surface area contributed by atoms with E-state index in [0.717, 1.165) is 10.9 Å². The molecule has 0 saturated carbocycles. The topological polar surface area (TPSA) is 76.5 Å². The lowest BCUT2D eigenvalue weighted by Gasteiger charge is -2.06. The molecule has 4 heteroatoms. The van der Waals surface area contributed by atoms with Crippen LogP contribution < -0.4 is 11.4 Å². The normalized spacial score (nSPS) is 10.9. The SMILES string of the molecule is Cc1c(CCO)c(=O)oc2cc(N)ccc12. The number of anilines is 1. The summed E-state index contributed by atoms with van der Waals surface area (Å²) in [6.45, 7) is 1.78. The number of aryl methyl sites for hydroxylation is 1. The zero-order valence-electron chi connectivity index (χ0n) is 8.99. The fourth-order valence-corrected chi connectivity index (χ4v) is 1.81. The Morgan fingerprint density at radius 1 is 1.44 bits per heavy atom. The Hall–Kier alpha value is -1.81. The molecule has 0 bridgehead atoms. The van der Waals surface area contributed by atoms with Gasteiger partial charge < -0.3 is 15.3 Å². The molecule has 0 amide bonds. The van der Waals surface area contributed by atoms with Gasteiger partial charge in [0.25, 0.3) is 0 Å². The molecule has 0 atom stereocenters.